The summed E-state index contributed by atoms with van der Waals surface area (Å²) in [5.41, 5.74) is 0.530. The van der Waals surface area contributed by atoms with Gasteiger partial charge in [0.25, 0.3) is 5.91 Å². The lowest BCUT2D eigenvalue weighted by atomic mass is 9.87. The van der Waals surface area contributed by atoms with E-state index in [9.17, 15) is 15.0 Å². The summed E-state index contributed by atoms with van der Waals surface area (Å²) in [6.07, 6.45) is 1.59. The first-order valence-electron chi connectivity index (χ1n) is 8.40. The normalized spacial score (nSPS) is 19.8. The molecule has 6 nitrogen and oxygen atoms in total. The summed E-state index contributed by atoms with van der Waals surface area (Å²) < 4.78 is 5.20. The Labute approximate surface area is 140 Å². The van der Waals surface area contributed by atoms with Crippen molar-refractivity contribution in [1.29, 1.82) is 0 Å². The van der Waals surface area contributed by atoms with Crippen molar-refractivity contribution in [2.75, 3.05) is 13.2 Å². The molecule has 1 saturated heterocycles. The van der Waals surface area contributed by atoms with Crippen molar-refractivity contribution >= 4 is 16.8 Å². The van der Waals surface area contributed by atoms with Gasteiger partial charge in [-0.3, -0.25) is 4.79 Å². The molecule has 2 heterocycles. The molecule has 0 radical (unpaired) electrons. The second-order valence-corrected chi connectivity index (χ2v) is 6.38. The Morgan fingerprint density at radius 1 is 1.38 bits per heavy atom. The Kier molecular flexibility index (Phi) is 4.89. The Balaban J connectivity index is 1.77. The third-order valence-corrected chi connectivity index (χ3v) is 4.84. The van der Waals surface area contributed by atoms with Crippen LogP contribution in [0.25, 0.3) is 10.9 Å². The van der Waals surface area contributed by atoms with E-state index in [1.165, 1.54) is 0 Å². The number of aliphatic hydroxyl groups is 2. The Bertz CT molecular complexity index is 706. The number of amides is 1. The lowest BCUT2D eigenvalue weighted by molar-refractivity contribution is -0.160. The summed E-state index contributed by atoms with van der Waals surface area (Å²) in [5.74, 6) is -0.546. The fourth-order valence-electron chi connectivity index (χ4n) is 3.29. The molecular weight excluding hydrogens is 308 g/mol. The van der Waals surface area contributed by atoms with E-state index >= 15 is 0 Å². The van der Waals surface area contributed by atoms with Crippen molar-refractivity contribution in [3.8, 4) is 0 Å². The minimum Gasteiger partial charge on any atom is -0.386 e. The van der Waals surface area contributed by atoms with Crippen LogP contribution < -0.4 is 5.32 Å². The standard InChI is InChI=1S/C18H24N2O4/c1-2-14(13-5-3-4-12-6-9-19-15(12)13)20-17(22)16(21)18(23)7-10-24-11-8-18/h3-6,9,14,16,19,21,23H,2,7-8,10-11H2,1H3,(H,20,22). The highest BCUT2D eigenvalue weighted by Gasteiger charge is 2.42. The lowest BCUT2D eigenvalue weighted by Crippen LogP contribution is -2.54. The third kappa shape index (κ3) is 3.17. The highest BCUT2D eigenvalue weighted by Crippen LogP contribution is 2.28. The number of H-pyrrole nitrogens is 1. The highest BCUT2D eigenvalue weighted by molar-refractivity contribution is 5.85. The van der Waals surface area contributed by atoms with E-state index in [1.807, 2.05) is 37.4 Å². The molecule has 130 valence electrons. The molecule has 0 bridgehead atoms. The summed E-state index contributed by atoms with van der Waals surface area (Å²) in [6.45, 7) is 2.67. The van der Waals surface area contributed by atoms with E-state index in [-0.39, 0.29) is 18.9 Å². The average molecular weight is 332 g/mol. The molecule has 6 heteroatoms. The molecule has 2 aromatic rings. The maximum Gasteiger partial charge on any atom is 0.252 e. The van der Waals surface area contributed by atoms with Gasteiger partial charge in [-0.05, 0) is 23.4 Å². The number of aromatic amines is 1. The van der Waals surface area contributed by atoms with E-state index in [0.29, 0.717) is 19.6 Å². The zero-order valence-electron chi connectivity index (χ0n) is 13.8. The smallest absolute Gasteiger partial charge is 0.252 e. The molecule has 4 N–H and O–H groups in total. The number of hydrogen-bond acceptors (Lipinski definition) is 4. The lowest BCUT2D eigenvalue weighted by Gasteiger charge is -2.35. The van der Waals surface area contributed by atoms with Gasteiger partial charge in [-0.2, -0.15) is 0 Å². The second kappa shape index (κ2) is 6.93. The number of carbonyl (C=O) groups excluding carboxylic acids is 1. The summed E-state index contributed by atoms with van der Waals surface area (Å²) in [6, 6.07) is 7.65. The minimum absolute atomic E-state index is 0.238. The monoisotopic (exact) mass is 332 g/mol. The molecule has 2 unspecified atom stereocenters. The summed E-state index contributed by atoms with van der Waals surface area (Å²) in [7, 11) is 0. The molecular formula is C18H24N2O4. The van der Waals surface area contributed by atoms with Crippen molar-refractivity contribution in [3.05, 3.63) is 36.0 Å². The minimum atomic E-state index is -1.46. The van der Waals surface area contributed by atoms with Crippen LogP contribution in [-0.2, 0) is 9.53 Å². The van der Waals surface area contributed by atoms with Crippen LogP contribution in [0.4, 0.5) is 0 Å². The van der Waals surface area contributed by atoms with Crippen LogP contribution in [0.1, 0.15) is 37.8 Å². The van der Waals surface area contributed by atoms with Crippen LogP contribution in [0.2, 0.25) is 0 Å². The maximum absolute atomic E-state index is 12.5. The van der Waals surface area contributed by atoms with Gasteiger partial charge in [-0.25, -0.2) is 0 Å². The zero-order chi connectivity index (χ0) is 17.2. The molecule has 24 heavy (non-hydrogen) atoms. The predicted molar refractivity (Wildman–Crippen MR) is 90.5 cm³/mol. The van der Waals surface area contributed by atoms with Crippen molar-refractivity contribution in [3.63, 3.8) is 0 Å². The van der Waals surface area contributed by atoms with Gasteiger partial charge >= 0.3 is 0 Å². The molecule has 1 aromatic carbocycles. The summed E-state index contributed by atoms with van der Waals surface area (Å²) in [4.78, 5) is 15.7. The largest absolute Gasteiger partial charge is 0.386 e. The number of rotatable bonds is 5. The number of ether oxygens (including phenoxy) is 1. The van der Waals surface area contributed by atoms with Gasteiger partial charge < -0.3 is 25.3 Å². The van der Waals surface area contributed by atoms with E-state index in [2.05, 4.69) is 10.3 Å². The fourth-order valence-corrected chi connectivity index (χ4v) is 3.29. The molecule has 0 spiro atoms. The first-order chi connectivity index (χ1) is 11.5. The summed E-state index contributed by atoms with van der Waals surface area (Å²) in [5, 5.41) is 24.8. The number of hydrogen-bond donors (Lipinski definition) is 4. The van der Waals surface area contributed by atoms with Crippen molar-refractivity contribution in [2.24, 2.45) is 0 Å². The predicted octanol–water partition coefficient (Wildman–Crippen LogP) is 1.64. The van der Waals surface area contributed by atoms with Crippen LogP contribution in [0.5, 0.6) is 0 Å². The molecule has 0 aliphatic carbocycles. The highest BCUT2D eigenvalue weighted by atomic mass is 16.5. The molecule has 2 atom stereocenters. The van der Waals surface area contributed by atoms with Gasteiger partial charge in [-0.1, -0.05) is 25.1 Å². The maximum atomic E-state index is 12.5. The van der Waals surface area contributed by atoms with Crippen molar-refractivity contribution in [1.82, 2.24) is 10.3 Å². The second-order valence-electron chi connectivity index (χ2n) is 6.38. The third-order valence-electron chi connectivity index (χ3n) is 4.84. The Morgan fingerprint density at radius 3 is 2.83 bits per heavy atom. The summed E-state index contributed by atoms with van der Waals surface area (Å²) >= 11 is 0. The van der Waals surface area contributed by atoms with Crippen LogP contribution in [0.15, 0.2) is 30.5 Å². The van der Waals surface area contributed by atoms with Gasteiger partial charge in [-0.15, -0.1) is 0 Å². The average Bonchev–Trinajstić information content (AvgIpc) is 3.08. The van der Waals surface area contributed by atoms with Gasteiger partial charge in [0.05, 0.1) is 11.6 Å². The van der Waals surface area contributed by atoms with E-state index in [0.717, 1.165) is 16.5 Å². The van der Waals surface area contributed by atoms with Crippen molar-refractivity contribution in [2.45, 2.75) is 43.9 Å². The van der Waals surface area contributed by atoms with E-state index in [4.69, 9.17) is 4.74 Å². The van der Waals surface area contributed by atoms with E-state index in [1.54, 1.807) is 0 Å². The first kappa shape index (κ1) is 17.0. The molecule has 3 rings (SSSR count). The number of aliphatic hydroxyl groups excluding tert-OH is 1. The first-order valence-corrected chi connectivity index (χ1v) is 8.40. The van der Waals surface area contributed by atoms with Crippen molar-refractivity contribution < 1.29 is 19.7 Å². The number of carbonyl (C=O) groups is 1. The molecule has 1 amide bonds. The van der Waals surface area contributed by atoms with Crippen LogP contribution >= 0.6 is 0 Å². The van der Waals surface area contributed by atoms with Crippen LogP contribution in [-0.4, -0.2) is 46.0 Å². The van der Waals surface area contributed by atoms with Gasteiger partial charge in [0.2, 0.25) is 0 Å². The Morgan fingerprint density at radius 2 is 2.12 bits per heavy atom. The molecule has 1 aliphatic heterocycles. The SMILES string of the molecule is CCC(NC(=O)C(O)C1(O)CCOCC1)c1cccc2cc[nH]c12. The molecule has 0 saturated carbocycles. The number of aromatic nitrogens is 1. The number of benzene rings is 1. The van der Waals surface area contributed by atoms with Gasteiger partial charge in [0.1, 0.15) is 5.60 Å². The molecule has 1 aromatic heterocycles. The molecule has 1 aliphatic rings. The van der Waals surface area contributed by atoms with Crippen LogP contribution in [0.3, 0.4) is 0 Å². The number of nitrogens with one attached hydrogen (secondary N) is 2. The quantitative estimate of drug-likeness (QED) is 0.669. The van der Waals surface area contributed by atoms with Gasteiger partial charge in [0, 0.05) is 32.3 Å². The fraction of sp³-hybridized carbons (Fsp3) is 0.500. The number of fused-ring (bicyclic) bond motifs is 1. The molecule has 1 fully saturated rings. The van der Waals surface area contributed by atoms with Crippen LogP contribution in [0, 0.1) is 0 Å². The van der Waals surface area contributed by atoms with E-state index < -0.39 is 17.6 Å². The Hall–Kier alpha value is -1.89. The van der Waals surface area contributed by atoms with Gasteiger partial charge in [0.15, 0.2) is 6.10 Å². The number of para-hydroxylation sites is 1. The zero-order valence-corrected chi connectivity index (χ0v) is 13.8. The topological polar surface area (TPSA) is 94.6 Å².